The van der Waals surface area contributed by atoms with E-state index in [9.17, 15) is 4.39 Å². The van der Waals surface area contributed by atoms with Crippen molar-refractivity contribution in [1.29, 1.82) is 0 Å². The third kappa shape index (κ3) is 2.96. The SMILES string of the molecule is COc1ccc(C(N)c2cc(F)ccc2C)c(Br)c1. The fourth-order valence-corrected chi connectivity index (χ4v) is 2.61. The normalized spacial score (nSPS) is 12.3. The topological polar surface area (TPSA) is 35.2 Å². The monoisotopic (exact) mass is 323 g/mol. The van der Waals surface area contributed by atoms with Gasteiger partial charge >= 0.3 is 0 Å². The molecule has 0 amide bonds. The summed E-state index contributed by atoms with van der Waals surface area (Å²) in [7, 11) is 1.61. The van der Waals surface area contributed by atoms with Crippen LogP contribution >= 0.6 is 15.9 Å². The summed E-state index contributed by atoms with van der Waals surface area (Å²) < 4.78 is 19.4. The molecule has 0 saturated carbocycles. The Morgan fingerprint density at radius 1 is 1.16 bits per heavy atom. The summed E-state index contributed by atoms with van der Waals surface area (Å²) in [6, 6.07) is 9.86. The lowest BCUT2D eigenvalue weighted by atomic mass is 9.95. The Bertz CT molecular complexity index is 601. The van der Waals surface area contributed by atoms with Gasteiger partial charge in [-0.2, -0.15) is 0 Å². The maximum Gasteiger partial charge on any atom is 0.123 e. The number of ether oxygens (including phenoxy) is 1. The van der Waals surface area contributed by atoms with Crippen LogP contribution in [-0.4, -0.2) is 7.11 Å². The lowest BCUT2D eigenvalue weighted by molar-refractivity contribution is 0.414. The molecule has 19 heavy (non-hydrogen) atoms. The molecule has 0 aliphatic heterocycles. The third-order valence-corrected chi connectivity index (χ3v) is 3.81. The Hall–Kier alpha value is -1.39. The van der Waals surface area contributed by atoms with Gasteiger partial charge in [-0.3, -0.25) is 0 Å². The van der Waals surface area contributed by atoms with E-state index < -0.39 is 0 Å². The average molecular weight is 324 g/mol. The molecule has 0 aliphatic rings. The first-order chi connectivity index (χ1) is 9.02. The van der Waals surface area contributed by atoms with Gasteiger partial charge < -0.3 is 10.5 Å². The molecule has 0 spiro atoms. The minimum Gasteiger partial charge on any atom is -0.497 e. The fraction of sp³-hybridized carbons (Fsp3) is 0.200. The van der Waals surface area contributed by atoms with Crippen molar-refractivity contribution in [2.24, 2.45) is 5.73 Å². The number of hydrogen-bond donors (Lipinski definition) is 1. The Morgan fingerprint density at radius 3 is 2.53 bits per heavy atom. The van der Waals surface area contributed by atoms with Gasteiger partial charge in [0.2, 0.25) is 0 Å². The van der Waals surface area contributed by atoms with Gasteiger partial charge in [0.05, 0.1) is 13.2 Å². The molecule has 2 N–H and O–H groups in total. The molecule has 2 aromatic carbocycles. The number of halogens is 2. The molecule has 1 atom stereocenters. The van der Waals surface area contributed by atoms with Crippen LogP contribution in [0.2, 0.25) is 0 Å². The van der Waals surface area contributed by atoms with Crippen LogP contribution in [0.1, 0.15) is 22.7 Å². The van der Waals surface area contributed by atoms with Crippen molar-refractivity contribution in [1.82, 2.24) is 0 Å². The van der Waals surface area contributed by atoms with Crippen molar-refractivity contribution in [3.05, 3.63) is 63.4 Å². The van der Waals surface area contributed by atoms with Gasteiger partial charge in [-0.05, 0) is 47.9 Å². The molecule has 100 valence electrons. The zero-order valence-corrected chi connectivity index (χ0v) is 12.4. The maximum absolute atomic E-state index is 13.4. The molecule has 0 bridgehead atoms. The van der Waals surface area contributed by atoms with Crippen LogP contribution in [-0.2, 0) is 0 Å². The predicted molar refractivity (Wildman–Crippen MR) is 77.9 cm³/mol. The Morgan fingerprint density at radius 2 is 1.89 bits per heavy atom. The van der Waals surface area contributed by atoms with Gasteiger partial charge in [-0.15, -0.1) is 0 Å². The minimum atomic E-state index is -0.379. The standard InChI is InChI=1S/C15H15BrFNO/c1-9-3-4-10(17)7-13(9)15(18)12-6-5-11(19-2)8-14(12)16/h3-8,15H,18H2,1-2H3. The van der Waals surface area contributed by atoms with Crippen molar-refractivity contribution < 1.29 is 9.13 Å². The van der Waals surface area contributed by atoms with E-state index in [-0.39, 0.29) is 11.9 Å². The molecule has 0 fully saturated rings. The predicted octanol–water partition coefficient (Wildman–Crippen LogP) is 3.95. The lowest BCUT2D eigenvalue weighted by Gasteiger charge is -2.17. The summed E-state index contributed by atoms with van der Waals surface area (Å²) in [5.41, 5.74) is 8.89. The minimum absolute atomic E-state index is 0.277. The van der Waals surface area contributed by atoms with Crippen LogP contribution in [0.25, 0.3) is 0 Å². The van der Waals surface area contributed by atoms with Crippen molar-refractivity contribution in [2.45, 2.75) is 13.0 Å². The van der Waals surface area contributed by atoms with Crippen molar-refractivity contribution in [3.8, 4) is 5.75 Å². The Balaban J connectivity index is 2.43. The molecule has 0 aliphatic carbocycles. The summed E-state index contributed by atoms with van der Waals surface area (Å²) >= 11 is 3.48. The molecule has 1 unspecified atom stereocenters. The smallest absolute Gasteiger partial charge is 0.123 e. The first-order valence-corrected chi connectivity index (χ1v) is 6.67. The Kier molecular flexibility index (Phi) is 4.22. The summed E-state index contributed by atoms with van der Waals surface area (Å²) in [4.78, 5) is 0. The largest absolute Gasteiger partial charge is 0.497 e. The number of hydrogen-bond acceptors (Lipinski definition) is 2. The number of benzene rings is 2. The highest BCUT2D eigenvalue weighted by Gasteiger charge is 2.15. The second-order valence-electron chi connectivity index (χ2n) is 4.37. The summed E-state index contributed by atoms with van der Waals surface area (Å²) in [5.74, 6) is 0.472. The number of aryl methyl sites for hydroxylation is 1. The first-order valence-electron chi connectivity index (χ1n) is 5.88. The highest BCUT2D eigenvalue weighted by atomic mass is 79.9. The molecule has 2 nitrogen and oxygen atoms in total. The van der Waals surface area contributed by atoms with E-state index in [1.165, 1.54) is 12.1 Å². The lowest BCUT2D eigenvalue weighted by Crippen LogP contribution is -2.14. The van der Waals surface area contributed by atoms with Crippen LogP contribution in [0, 0.1) is 12.7 Å². The fourth-order valence-electron chi connectivity index (χ4n) is 2.00. The molecule has 0 radical (unpaired) electrons. The molecular weight excluding hydrogens is 309 g/mol. The molecule has 0 heterocycles. The maximum atomic E-state index is 13.4. The van der Waals surface area contributed by atoms with E-state index in [4.69, 9.17) is 10.5 Å². The van der Waals surface area contributed by atoms with E-state index in [1.54, 1.807) is 13.2 Å². The molecule has 0 aromatic heterocycles. The molecule has 2 rings (SSSR count). The van der Waals surface area contributed by atoms with Crippen LogP contribution in [0.3, 0.4) is 0 Å². The summed E-state index contributed by atoms with van der Waals surface area (Å²) in [6.07, 6.45) is 0. The summed E-state index contributed by atoms with van der Waals surface area (Å²) in [5, 5.41) is 0. The van der Waals surface area contributed by atoms with Crippen molar-refractivity contribution >= 4 is 15.9 Å². The third-order valence-electron chi connectivity index (χ3n) is 3.12. The van der Waals surface area contributed by atoms with Gasteiger partial charge in [-0.1, -0.05) is 28.1 Å². The van der Waals surface area contributed by atoms with E-state index in [1.807, 2.05) is 25.1 Å². The molecular formula is C15H15BrFNO. The quantitative estimate of drug-likeness (QED) is 0.928. The number of methoxy groups -OCH3 is 1. The zero-order valence-electron chi connectivity index (χ0n) is 10.8. The highest BCUT2D eigenvalue weighted by Crippen LogP contribution is 2.31. The number of rotatable bonds is 3. The van der Waals surface area contributed by atoms with E-state index in [2.05, 4.69) is 15.9 Å². The first kappa shape index (κ1) is 14.0. The number of nitrogens with two attached hydrogens (primary N) is 1. The van der Waals surface area contributed by atoms with Crippen molar-refractivity contribution in [3.63, 3.8) is 0 Å². The van der Waals surface area contributed by atoms with Crippen LogP contribution in [0.5, 0.6) is 5.75 Å². The van der Waals surface area contributed by atoms with Gasteiger partial charge in [0.25, 0.3) is 0 Å². The van der Waals surface area contributed by atoms with Crippen molar-refractivity contribution in [2.75, 3.05) is 7.11 Å². The van der Waals surface area contributed by atoms with E-state index in [0.29, 0.717) is 0 Å². The molecule has 2 aromatic rings. The molecule has 4 heteroatoms. The second-order valence-corrected chi connectivity index (χ2v) is 5.22. The second kappa shape index (κ2) is 5.72. The van der Waals surface area contributed by atoms with Crippen LogP contribution < -0.4 is 10.5 Å². The van der Waals surface area contributed by atoms with Gasteiger partial charge in [0.1, 0.15) is 11.6 Å². The van der Waals surface area contributed by atoms with Gasteiger partial charge in [-0.25, -0.2) is 4.39 Å². The molecule has 0 saturated heterocycles. The van der Waals surface area contributed by atoms with E-state index >= 15 is 0 Å². The highest BCUT2D eigenvalue weighted by molar-refractivity contribution is 9.10. The zero-order chi connectivity index (χ0) is 14.0. The van der Waals surface area contributed by atoms with E-state index in [0.717, 1.165) is 26.9 Å². The van der Waals surface area contributed by atoms with Crippen LogP contribution in [0.4, 0.5) is 4.39 Å². The average Bonchev–Trinajstić information content (AvgIpc) is 2.40. The Labute approximate surface area is 120 Å². The van der Waals surface area contributed by atoms with Gasteiger partial charge in [0.15, 0.2) is 0 Å². The van der Waals surface area contributed by atoms with Crippen LogP contribution in [0.15, 0.2) is 40.9 Å². The van der Waals surface area contributed by atoms with Gasteiger partial charge in [0, 0.05) is 4.47 Å². The summed E-state index contributed by atoms with van der Waals surface area (Å²) in [6.45, 7) is 1.92.